The fourth-order valence-corrected chi connectivity index (χ4v) is 2.73. The SMILES string of the molecule is COc1nn(C)cc1C(=O)N1CCC(Oc2cncc(N(C)C)n2)C1. The molecule has 1 atom stereocenters. The van der Waals surface area contributed by atoms with E-state index in [0.717, 1.165) is 12.2 Å². The summed E-state index contributed by atoms with van der Waals surface area (Å²) >= 11 is 0. The third-order valence-electron chi connectivity index (χ3n) is 4.00. The first-order valence-electron chi connectivity index (χ1n) is 8.01. The molecule has 3 rings (SSSR count). The quantitative estimate of drug-likeness (QED) is 0.783. The number of likely N-dealkylation sites (tertiary alicyclic amines) is 1. The number of rotatable bonds is 5. The minimum absolute atomic E-state index is 0.107. The Labute approximate surface area is 146 Å². The third kappa shape index (κ3) is 3.65. The molecule has 2 aromatic heterocycles. The number of ether oxygens (including phenoxy) is 2. The van der Waals surface area contributed by atoms with Crippen LogP contribution in [0.2, 0.25) is 0 Å². The van der Waals surface area contributed by atoms with Crippen LogP contribution in [-0.4, -0.2) is 71.0 Å². The second-order valence-electron chi connectivity index (χ2n) is 6.12. The molecule has 1 fully saturated rings. The summed E-state index contributed by atoms with van der Waals surface area (Å²) in [5.74, 6) is 1.42. The summed E-state index contributed by atoms with van der Waals surface area (Å²) in [5, 5.41) is 4.13. The Morgan fingerprint density at radius 1 is 1.36 bits per heavy atom. The van der Waals surface area contributed by atoms with Crippen molar-refractivity contribution in [2.24, 2.45) is 7.05 Å². The Balaban J connectivity index is 1.65. The fourth-order valence-electron chi connectivity index (χ4n) is 2.73. The monoisotopic (exact) mass is 346 g/mol. The second-order valence-corrected chi connectivity index (χ2v) is 6.12. The van der Waals surface area contributed by atoms with E-state index in [9.17, 15) is 4.79 Å². The molecule has 1 aliphatic heterocycles. The summed E-state index contributed by atoms with van der Waals surface area (Å²) in [5.41, 5.74) is 0.458. The van der Waals surface area contributed by atoms with Gasteiger partial charge in [-0.05, 0) is 0 Å². The summed E-state index contributed by atoms with van der Waals surface area (Å²) in [7, 11) is 7.05. The molecule has 0 spiro atoms. The lowest BCUT2D eigenvalue weighted by atomic mass is 10.3. The Kier molecular flexibility index (Phi) is 4.73. The zero-order valence-corrected chi connectivity index (χ0v) is 14.8. The molecular formula is C16H22N6O3. The van der Waals surface area contributed by atoms with Crippen LogP contribution in [0.5, 0.6) is 11.8 Å². The molecule has 1 unspecified atom stereocenters. The van der Waals surface area contributed by atoms with Crippen molar-refractivity contribution in [3.63, 3.8) is 0 Å². The molecular weight excluding hydrogens is 324 g/mol. The maximum Gasteiger partial charge on any atom is 0.261 e. The molecule has 0 aromatic carbocycles. The van der Waals surface area contributed by atoms with Crippen molar-refractivity contribution in [1.29, 1.82) is 0 Å². The van der Waals surface area contributed by atoms with Crippen molar-refractivity contribution < 1.29 is 14.3 Å². The van der Waals surface area contributed by atoms with Gasteiger partial charge in [0.15, 0.2) is 5.82 Å². The zero-order valence-electron chi connectivity index (χ0n) is 14.8. The van der Waals surface area contributed by atoms with Crippen LogP contribution in [0.4, 0.5) is 5.82 Å². The van der Waals surface area contributed by atoms with Gasteiger partial charge in [0.1, 0.15) is 11.7 Å². The van der Waals surface area contributed by atoms with E-state index in [0.29, 0.717) is 30.4 Å². The molecule has 1 amide bonds. The molecule has 134 valence electrons. The zero-order chi connectivity index (χ0) is 18.0. The number of amides is 1. The molecule has 0 radical (unpaired) electrons. The van der Waals surface area contributed by atoms with Crippen molar-refractivity contribution in [3.05, 3.63) is 24.2 Å². The average molecular weight is 346 g/mol. The van der Waals surface area contributed by atoms with E-state index < -0.39 is 0 Å². The topological polar surface area (TPSA) is 85.6 Å². The minimum atomic E-state index is -0.113. The summed E-state index contributed by atoms with van der Waals surface area (Å²) in [6.07, 6.45) is 5.55. The molecule has 2 aromatic rings. The number of nitrogens with zero attached hydrogens (tertiary/aromatic N) is 6. The molecule has 3 heterocycles. The summed E-state index contributed by atoms with van der Waals surface area (Å²) in [4.78, 5) is 24.8. The van der Waals surface area contributed by atoms with Gasteiger partial charge in [0.05, 0.1) is 26.0 Å². The highest BCUT2D eigenvalue weighted by Gasteiger charge is 2.31. The molecule has 0 aliphatic carbocycles. The number of anilines is 1. The highest BCUT2D eigenvalue weighted by Crippen LogP contribution is 2.22. The minimum Gasteiger partial charge on any atom is -0.479 e. The number of hydrogen-bond acceptors (Lipinski definition) is 7. The largest absolute Gasteiger partial charge is 0.479 e. The van der Waals surface area contributed by atoms with Crippen molar-refractivity contribution in [2.75, 3.05) is 39.2 Å². The number of carbonyl (C=O) groups is 1. The predicted molar refractivity (Wildman–Crippen MR) is 91.1 cm³/mol. The van der Waals surface area contributed by atoms with Crippen molar-refractivity contribution in [1.82, 2.24) is 24.6 Å². The van der Waals surface area contributed by atoms with E-state index in [4.69, 9.17) is 9.47 Å². The van der Waals surface area contributed by atoms with E-state index in [-0.39, 0.29) is 12.0 Å². The van der Waals surface area contributed by atoms with Gasteiger partial charge in [-0.2, -0.15) is 4.98 Å². The van der Waals surface area contributed by atoms with Crippen molar-refractivity contribution in [2.45, 2.75) is 12.5 Å². The summed E-state index contributed by atoms with van der Waals surface area (Å²) in [6, 6.07) is 0. The Morgan fingerprint density at radius 3 is 2.88 bits per heavy atom. The van der Waals surface area contributed by atoms with E-state index >= 15 is 0 Å². The van der Waals surface area contributed by atoms with Crippen LogP contribution in [0.3, 0.4) is 0 Å². The van der Waals surface area contributed by atoms with Gasteiger partial charge >= 0.3 is 0 Å². The van der Waals surface area contributed by atoms with Crippen LogP contribution in [0.25, 0.3) is 0 Å². The van der Waals surface area contributed by atoms with Gasteiger partial charge in [0.25, 0.3) is 5.91 Å². The van der Waals surface area contributed by atoms with Crippen LogP contribution in [0, 0.1) is 0 Å². The number of carbonyl (C=O) groups excluding carboxylic acids is 1. The molecule has 0 bridgehead atoms. The number of methoxy groups -OCH3 is 1. The van der Waals surface area contributed by atoms with Gasteiger partial charge in [0.2, 0.25) is 11.8 Å². The first kappa shape index (κ1) is 17.0. The molecule has 0 N–H and O–H groups in total. The standard InChI is InChI=1S/C16H22N6O3/c1-20(2)13-7-17-8-14(18-13)25-11-5-6-22(9-11)16(23)12-10-21(3)19-15(12)24-4/h7-8,10-11H,5-6,9H2,1-4H3. The van der Waals surface area contributed by atoms with E-state index in [2.05, 4.69) is 15.1 Å². The molecule has 9 nitrogen and oxygen atoms in total. The predicted octanol–water partition coefficient (Wildman–Crippen LogP) is 0.578. The van der Waals surface area contributed by atoms with Gasteiger partial charge < -0.3 is 19.3 Å². The van der Waals surface area contributed by atoms with Crippen LogP contribution in [-0.2, 0) is 7.05 Å². The van der Waals surface area contributed by atoms with Crippen molar-refractivity contribution in [3.8, 4) is 11.8 Å². The van der Waals surface area contributed by atoms with Gasteiger partial charge in [-0.25, -0.2) is 0 Å². The third-order valence-corrected chi connectivity index (χ3v) is 4.00. The lowest BCUT2D eigenvalue weighted by Gasteiger charge is -2.17. The lowest BCUT2D eigenvalue weighted by molar-refractivity contribution is 0.0767. The fraction of sp³-hybridized carbons (Fsp3) is 0.500. The number of aromatic nitrogens is 4. The Hall–Kier alpha value is -2.84. The molecule has 1 aliphatic rings. The maximum atomic E-state index is 12.7. The highest BCUT2D eigenvalue weighted by atomic mass is 16.5. The van der Waals surface area contributed by atoms with Crippen molar-refractivity contribution >= 4 is 11.7 Å². The Bertz CT molecular complexity index is 760. The Morgan fingerprint density at radius 2 is 2.16 bits per heavy atom. The smallest absolute Gasteiger partial charge is 0.261 e. The first-order valence-corrected chi connectivity index (χ1v) is 8.01. The normalized spacial score (nSPS) is 16.8. The van der Waals surface area contributed by atoms with E-state index in [1.807, 2.05) is 19.0 Å². The first-order chi connectivity index (χ1) is 12.0. The number of hydrogen-bond donors (Lipinski definition) is 0. The molecule has 25 heavy (non-hydrogen) atoms. The van der Waals surface area contributed by atoms with Crippen LogP contribution < -0.4 is 14.4 Å². The number of aryl methyl sites for hydroxylation is 1. The van der Waals surface area contributed by atoms with Crippen LogP contribution in [0.1, 0.15) is 16.8 Å². The molecule has 9 heteroatoms. The van der Waals surface area contributed by atoms with E-state index in [1.165, 1.54) is 7.11 Å². The molecule has 0 saturated carbocycles. The molecule has 1 saturated heterocycles. The summed E-state index contributed by atoms with van der Waals surface area (Å²) in [6.45, 7) is 1.10. The summed E-state index contributed by atoms with van der Waals surface area (Å²) < 4.78 is 12.6. The average Bonchev–Trinajstić information content (AvgIpc) is 3.20. The lowest BCUT2D eigenvalue weighted by Crippen LogP contribution is -2.31. The van der Waals surface area contributed by atoms with Gasteiger partial charge in [0, 0.05) is 40.3 Å². The second kappa shape index (κ2) is 6.96. The highest BCUT2D eigenvalue weighted by molar-refractivity contribution is 5.96. The maximum absolute atomic E-state index is 12.7. The van der Waals surface area contributed by atoms with Crippen LogP contribution >= 0.6 is 0 Å². The van der Waals surface area contributed by atoms with Gasteiger partial charge in [-0.1, -0.05) is 0 Å². The van der Waals surface area contributed by atoms with Gasteiger partial charge in [-0.15, -0.1) is 5.10 Å². The van der Waals surface area contributed by atoms with Gasteiger partial charge in [-0.3, -0.25) is 14.5 Å². The van der Waals surface area contributed by atoms with Crippen LogP contribution in [0.15, 0.2) is 18.6 Å². The van der Waals surface area contributed by atoms with E-state index in [1.54, 1.807) is 35.2 Å².